The van der Waals surface area contributed by atoms with E-state index in [0.29, 0.717) is 42.5 Å². The smallest absolute Gasteiger partial charge is 0.234 e. The largest absolute Gasteiger partial charge is 0.324 e. The Labute approximate surface area is 235 Å². The minimum atomic E-state index is -0.289. The SMILES string of the molecule is O=C(CSc1nc2ccccc2nc1SCC(=O)Nc1cccc(Cl)c1Cl)Nc1cccc(Cl)c1Cl. The molecule has 0 aliphatic rings. The molecule has 2 N–H and O–H groups in total. The van der Waals surface area contributed by atoms with Gasteiger partial charge in [0.25, 0.3) is 0 Å². The van der Waals surface area contributed by atoms with Crippen molar-refractivity contribution in [2.75, 3.05) is 22.1 Å². The lowest BCUT2D eigenvalue weighted by molar-refractivity contribution is -0.114. The van der Waals surface area contributed by atoms with E-state index in [2.05, 4.69) is 20.6 Å². The minimum Gasteiger partial charge on any atom is -0.324 e. The number of hydrogen-bond acceptors (Lipinski definition) is 6. The number of benzene rings is 3. The Kier molecular flexibility index (Phi) is 9.22. The minimum absolute atomic E-state index is 0.0493. The lowest BCUT2D eigenvalue weighted by Gasteiger charge is -2.11. The number of rotatable bonds is 8. The molecular formula is C24H16Cl4N4O2S2. The summed E-state index contributed by atoms with van der Waals surface area (Å²) < 4.78 is 0. The summed E-state index contributed by atoms with van der Waals surface area (Å²) in [5.74, 6) is -0.478. The van der Waals surface area contributed by atoms with E-state index in [0.717, 1.165) is 0 Å². The van der Waals surface area contributed by atoms with Crippen LogP contribution in [0.15, 0.2) is 70.7 Å². The molecule has 1 heterocycles. The van der Waals surface area contributed by atoms with Crippen LogP contribution in [0.2, 0.25) is 20.1 Å². The molecule has 0 aliphatic carbocycles. The first-order valence-electron chi connectivity index (χ1n) is 10.3. The molecule has 3 aromatic carbocycles. The highest BCUT2D eigenvalue weighted by Gasteiger charge is 2.16. The molecule has 6 nitrogen and oxygen atoms in total. The quantitative estimate of drug-likeness (QED) is 0.202. The van der Waals surface area contributed by atoms with E-state index in [1.807, 2.05) is 24.3 Å². The van der Waals surface area contributed by atoms with Gasteiger partial charge < -0.3 is 10.6 Å². The fraction of sp³-hybridized carbons (Fsp3) is 0.0833. The van der Waals surface area contributed by atoms with Crippen molar-refractivity contribution in [2.45, 2.75) is 10.1 Å². The predicted molar refractivity (Wildman–Crippen MR) is 151 cm³/mol. The highest BCUT2D eigenvalue weighted by atomic mass is 35.5. The standard InChI is InChI=1S/C24H16Cl4N4O2S2/c25-13-5-3-9-17(21(13)27)29-19(33)11-35-23-24(32-16-8-2-1-7-15(16)31-23)36-12-20(34)30-18-10-4-6-14(26)22(18)28/h1-10H,11-12H2,(H,29,33)(H,30,34). The summed E-state index contributed by atoms with van der Waals surface area (Å²) in [6.07, 6.45) is 0. The van der Waals surface area contributed by atoms with Gasteiger partial charge in [0, 0.05) is 0 Å². The topological polar surface area (TPSA) is 84.0 Å². The summed E-state index contributed by atoms with van der Waals surface area (Å²) in [5.41, 5.74) is 2.20. The van der Waals surface area contributed by atoms with E-state index in [4.69, 9.17) is 46.4 Å². The molecule has 0 bridgehead atoms. The Bertz CT molecular complexity index is 1350. The maximum absolute atomic E-state index is 12.6. The van der Waals surface area contributed by atoms with E-state index in [-0.39, 0.29) is 33.4 Å². The number of para-hydroxylation sites is 2. The number of carbonyl (C=O) groups excluding carboxylic acids is 2. The number of nitrogens with zero attached hydrogens (tertiary/aromatic N) is 2. The number of nitrogens with one attached hydrogen (secondary N) is 2. The predicted octanol–water partition coefficient (Wildman–Crippen LogP) is 7.71. The number of hydrogen-bond donors (Lipinski definition) is 2. The first kappa shape index (κ1) is 26.9. The fourth-order valence-electron chi connectivity index (χ4n) is 3.00. The molecule has 0 saturated carbocycles. The van der Waals surface area contributed by atoms with Crippen LogP contribution in [0.4, 0.5) is 11.4 Å². The van der Waals surface area contributed by atoms with Crippen LogP contribution < -0.4 is 10.6 Å². The number of fused-ring (bicyclic) bond motifs is 1. The highest BCUT2D eigenvalue weighted by Crippen LogP contribution is 2.33. The molecule has 0 unspecified atom stereocenters. The number of thioether (sulfide) groups is 2. The molecule has 36 heavy (non-hydrogen) atoms. The Morgan fingerprint density at radius 1 is 0.639 bits per heavy atom. The zero-order chi connectivity index (χ0) is 25.7. The third-order valence-electron chi connectivity index (χ3n) is 4.64. The first-order chi connectivity index (χ1) is 17.3. The molecule has 4 aromatic rings. The van der Waals surface area contributed by atoms with Gasteiger partial charge in [-0.2, -0.15) is 0 Å². The van der Waals surface area contributed by atoms with Gasteiger partial charge in [-0.3, -0.25) is 9.59 Å². The van der Waals surface area contributed by atoms with Crippen molar-refractivity contribution in [2.24, 2.45) is 0 Å². The maximum atomic E-state index is 12.6. The van der Waals surface area contributed by atoms with Gasteiger partial charge in [-0.15, -0.1) is 0 Å². The van der Waals surface area contributed by atoms with Crippen LogP contribution in [0.3, 0.4) is 0 Å². The van der Waals surface area contributed by atoms with Gasteiger partial charge in [0.1, 0.15) is 10.1 Å². The second-order valence-corrected chi connectivity index (χ2v) is 10.7. The van der Waals surface area contributed by atoms with E-state index < -0.39 is 0 Å². The second kappa shape index (κ2) is 12.4. The van der Waals surface area contributed by atoms with Gasteiger partial charge in [-0.25, -0.2) is 9.97 Å². The molecule has 184 valence electrons. The lowest BCUT2D eigenvalue weighted by atomic mass is 10.3. The summed E-state index contributed by atoms with van der Waals surface area (Å²) >= 11 is 26.8. The van der Waals surface area contributed by atoms with Crippen LogP contribution >= 0.6 is 69.9 Å². The van der Waals surface area contributed by atoms with Gasteiger partial charge in [0.15, 0.2) is 0 Å². The average molecular weight is 598 g/mol. The van der Waals surface area contributed by atoms with Crippen molar-refractivity contribution in [3.05, 3.63) is 80.8 Å². The molecule has 12 heteroatoms. The third-order valence-corrected chi connectivity index (χ3v) is 8.34. The summed E-state index contributed by atoms with van der Waals surface area (Å²) in [7, 11) is 0. The fourth-order valence-corrected chi connectivity index (χ4v) is 5.39. The molecule has 0 radical (unpaired) electrons. The van der Waals surface area contributed by atoms with Crippen LogP contribution in [-0.2, 0) is 9.59 Å². The number of carbonyl (C=O) groups is 2. The van der Waals surface area contributed by atoms with Gasteiger partial charge >= 0.3 is 0 Å². The molecule has 1 aromatic heterocycles. The number of anilines is 2. The summed E-state index contributed by atoms with van der Waals surface area (Å²) in [6, 6.07) is 17.4. The van der Waals surface area contributed by atoms with E-state index in [1.54, 1.807) is 36.4 Å². The maximum Gasteiger partial charge on any atom is 0.234 e. The molecule has 0 saturated heterocycles. The monoisotopic (exact) mass is 596 g/mol. The summed E-state index contributed by atoms with van der Waals surface area (Å²) in [6.45, 7) is 0. The van der Waals surface area contributed by atoms with Crippen LogP contribution in [-0.4, -0.2) is 33.3 Å². The Balaban J connectivity index is 1.47. The molecule has 0 aliphatic heterocycles. The van der Waals surface area contributed by atoms with Crippen LogP contribution in [0.5, 0.6) is 0 Å². The van der Waals surface area contributed by atoms with Crippen LogP contribution in [0.1, 0.15) is 0 Å². The van der Waals surface area contributed by atoms with Crippen LogP contribution in [0.25, 0.3) is 11.0 Å². The van der Waals surface area contributed by atoms with Crippen LogP contribution in [0, 0.1) is 0 Å². The van der Waals surface area contributed by atoms with Crippen molar-refractivity contribution >= 4 is 104 Å². The average Bonchev–Trinajstić information content (AvgIpc) is 2.86. The molecule has 4 rings (SSSR count). The van der Waals surface area contributed by atoms with Crippen molar-refractivity contribution in [3.8, 4) is 0 Å². The third kappa shape index (κ3) is 6.76. The van der Waals surface area contributed by atoms with Gasteiger partial charge in [-0.1, -0.05) is 94.2 Å². The van der Waals surface area contributed by atoms with Gasteiger partial charge in [0.2, 0.25) is 11.8 Å². The summed E-state index contributed by atoms with van der Waals surface area (Å²) in [4.78, 5) is 34.5. The molecule has 0 atom stereocenters. The Morgan fingerprint density at radius 3 is 1.47 bits per heavy atom. The number of halogens is 4. The zero-order valence-corrected chi connectivity index (χ0v) is 22.9. The number of aromatic nitrogens is 2. The zero-order valence-electron chi connectivity index (χ0n) is 18.2. The normalized spacial score (nSPS) is 10.9. The second-order valence-electron chi connectivity index (χ2n) is 7.20. The first-order valence-corrected chi connectivity index (χ1v) is 13.8. The highest BCUT2D eigenvalue weighted by molar-refractivity contribution is 8.02. The molecule has 0 fully saturated rings. The van der Waals surface area contributed by atoms with Gasteiger partial charge in [0.05, 0.1) is 54.0 Å². The van der Waals surface area contributed by atoms with Crippen molar-refractivity contribution < 1.29 is 9.59 Å². The van der Waals surface area contributed by atoms with Crippen molar-refractivity contribution in [3.63, 3.8) is 0 Å². The van der Waals surface area contributed by atoms with E-state index >= 15 is 0 Å². The van der Waals surface area contributed by atoms with Gasteiger partial charge in [-0.05, 0) is 36.4 Å². The van der Waals surface area contributed by atoms with Crippen molar-refractivity contribution in [1.29, 1.82) is 0 Å². The molecule has 2 amide bonds. The number of amides is 2. The summed E-state index contributed by atoms with van der Waals surface area (Å²) in [5, 5.41) is 7.78. The Hall–Kier alpha value is -2.20. The lowest BCUT2D eigenvalue weighted by Crippen LogP contribution is -2.15. The Morgan fingerprint density at radius 2 is 1.06 bits per heavy atom. The molecule has 0 spiro atoms. The van der Waals surface area contributed by atoms with E-state index in [1.165, 1.54) is 23.5 Å². The molecular weight excluding hydrogens is 582 g/mol. The van der Waals surface area contributed by atoms with Crippen molar-refractivity contribution in [1.82, 2.24) is 9.97 Å². The van der Waals surface area contributed by atoms with E-state index in [9.17, 15) is 9.59 Å².